The number of piperazine rings is 1. The Morgan fingerprint density at radius 1 is 0.847 bits per heavy atom. The number of amides is 4. The maximum absolute atomic E-state index is 14.1. The van der Waals surface area contributed by atoms with Gasteiger partial charge in [-0.1, -0.05) is 39.5 Å². The number of hydrogen-bond donors (Lipinski definition) is 1. The standard InChI is InChI=1S/C39H52N6O12SSi/c1-24(33-32(34(46)40-33)25(2)57-59(6,7)39(3,4)5)36(48)58-30-20-31(43(21-30)38(50)56-23-27-10-14-29(15-11-27)45(53)54)35(47)41-16-18-42(19-17-41)37(49)55-22-26-8-12-28(13-9-26)44(51)52/h8-15,24-25,30-33H,16-23H2,1-7H3,(H,40,46)/t24-,25-,30+,31+,32-,33-/m1/s1. The Kier molecular flexibility index (Phi) is 14.1. The SMILES string of the molecule is C[C@@H](O[Si](C)(C)C(C)(C)C)[C@H]1C(=O)N[C@@H]1[C@@H](C)C(=O)S[C@H]1C[C@@H](C(=O)N2CCN(C(=O)OCc3ccc([N+](=O)[O-])cc3)CC2)N(C(=O)OCc2ccc([N+](=O)[O-])cc2)C1. The molecular weight excluding hydrogens is 805 g/mol. The quantitative estimate of drug-likeness (QED) is 0.114. The minimum absolute atomic E-state index is 0.0267. The molecule has 320 valence electrons. The number of ether oxygens (including phenoxy) is 2. The van der Waals surface area contributed by atoms with Crippen LogP contribution in [0.3, 0.4) is 0 Å². The van der Waals surface area contributed by atoms with E-state index in [1.54, 1.807) is 11.8 Å². The lowest BCUT2D eigenvalue weighted by Gasteiger charge is -2.46. The summed E-state index contributed by atoms with van der Waals surface area (Å²) in [6, 6.07) is 9.76. The van der Waals surface area contributed by atoms with E-state index in [2.05, 4.69) is 39.2 Å². The predicted molar refractivity (Wildman–Crippen MR) is 219 cm³/mol. The fourth-order valence-corrected chi connectivity index (χ4v) is 9.66. The molecule has 0 aromatic heterocycles. The number of hydrogen-bond acceptors (Lipinski definition) is 13. The Hall–Kier alpha value is -5.08. The van der Waals surface area contributed by atoms with E-state index in [0.717, 1.165) is 11.8 Å². The van der Waals surface area contributed by atoms with Crippen molar-refractivity contribution >= 4 is 60.6 Å². The summed E-state index contributed by atoms with van der Waals surface area (Å²) in [5.74, 6) is -1.63. The molecule has 0 saturated carbocycles. The fraction of sp³-hybridized carbons (Fsp3) is 0.564. The van der Waals surface area contributed by atoms with Crippen LogP contribution in [-0.2, 0) is 41.5 Å². The summed E-state index contributed by atoms with van der Waals surface area (Å²) in [5.41, 5.74) is 0.872. The molecule has 0 bridgehead atoms. The highest BCUT2D eigenvalue weighted by molar-refractivity contribution is 8.14. The Labute approximate surface area is 347 Å². The molecule has 3 aliphatic heterocycles. The lowest BCUT2D eigenvalue weighted by Crippen LogP contribution is -2.66. The molecule has 0 aliphatic carbocycles. The molecule has 3 heterocycles. The number of carbonyl (C=O) groups is 5. The van der Waals surface area contributed by atoms with Gasteiger partial charge in [-0.25, -0.2) is 9.59 Å². The van der Waals surface area contributed by atoms with E-state index in [1.165, 1.54) is 58.3 Å². The van der Waals surface area contributed by atoms with E-state index in [1.807, 2.05) is 6.92 Å². The highest BCUT2D eigenvalue weighted by Gasteiger charge is 2.51. The molecule has 1 N–H and O–H groups in total. The molecule has 18 nitrogen and oxygen atoms in total. The van der Waals surface area contributed by atoms with Gasteiger partial charge < -0.3 is 29.0 Å². The third-order valence-electron chi connectivity index (χ3n) is 11.6. The van der Waals surface area contributed by atoms with Crippen LogP contribution >= 0.6 is 11.8 Å². The summed E-state index contributed by atoms with van der Waals surface area (Å²) < 4.78 is 17.5. The number of nitro benzene ring substituents is 2. The summed E-state index contributed by atoms with van der Waals surface area (Å²) in [6.45, 7) is 14.5. The van der Waals surface area contributed by atoms with Gasteiger partial charge in [-0.3, -0.25) is 39.5 Å². The van der Waals surface area contributed by atoms with E-state index >= 15 is 0 Å². The Morgan fingerprint density at radius 3 is 1.81 bits per heavy atom. The second-order valence-corrected chi connectivity index (χ2v) is 22.7. The monoisotopic (exact) mass is 856 g/mol. The van der Waals surface area contributed by atoms with Crippen LogP contribution in [0.1, 0.15) is 52.2 Å². The molecule has 2 aromatic rings. The molecule has 59 heavy (non-hydrogen) atoms. The van der Waals surface area contributed by atoms with Crippen LogP contribution in [-0.4, -0.2) is 118 Å². The van der Waals surface area contributed by atoms with Gasteiger partial charge in [0.1, 0.15) is 19.3 Å². The van der Waals surface area contributed by atoms with Crippen LogP contribution in [0.15, 0.2) is 48.5 Å². The average molecular weight is 857 g/mol. The first kappa shape index (κ1) is 45.0. The summed E-state index contributed by atoms with van der Waals surface area (Å²) in [4.78, 5) is 92.4. The molecule has 3 fully saturated rings. The zero-order valence-corrected chi connectivity index (χ0v) is 36.1. The van der Waals surface area contributed by atoms with Gasteiger partial charge in [0.05, 0.1) is 27.9 Å². The molecular formula is C39H52N6O12SSi. The van der Waals surface area contributed by atoms with Gasteiger partial charge in [-0.05, 0) is 66.9 Å². The maximum Gasteiger partial charge on any atom is 0.410 e. The van der Waals surface area contributed by atoms with Gasteiger partial charge >= 0.3 is 12.2 Å². The number of nitrogens with one attached hydrogen (secondary N) is 1. The molecule has 3 aliphatic rings. The highest BCUT2D eigenvalue weighted by atomic mass is 32.2. The van der Waals surface area contributed by atoms with Crippen molar-refractivity contribution in [2.75, 3.05) is 32.7 Å². The lowest BCUT2D eigenvalue weighted by atomic mass is 9.79. The van der Waals surface area contributed by atoms with Crippen molar-refractivity contribution in [2.45, 2.75) is 95.8 Å². The van der Waals surface area contributed by atoms with E-state index in [4.69, 9.17) is 13.9 Å². The summed E-state index contributed by atoms with van der Waals surface area (Å²) in [5, 5.41) is 24.2. The first-order valence-electron chi connectivity index (χ1n) is 19.5. The number of non-ortho nitro benzene ring substituents is 2. The van der Waals surface area contributed by atoms with E-state index in [-0.39, 0.29) is 85.7 Å². The average Bonchev–Trinajstić information content (AvgIpc) is 3.60. The van der Waals surface area contributed by atoms with Crippen LogP contribution < -0.4 is 5.32 Å². The van der Waals surface area contributed by atoms with Crippen molar-refractivity contribution in [3.63, 3.8) is 0 Å². The predicted octanol–water partition coefficient (Wildman–Crippen LogP) is 5.48. The smallest absolute Gasteiger partial charge is 0.410 e. The number of β-lactam (4-membered cyclic amide) rings is 1. The summed E-state index contributed by atoms with van der Waals surface area (Å²) in [7, 11) is -2.21. The molecule has 0 radical (unpaired) electrons. The van der Waals surface area contributed by atoms with Crippen LogP contribution in [0.5, 0.6) is 0 Å². The van der Waals surface area contributed by atoms with E-state index in [9.17, 15) is 44.2 Å². The van der Waals surface area contributed by atoms with Gasteiger partial charge in [0.2, 0.25) is 11.8 Å². The van der Waals surface area contributed by atoms with Crippen molar-refractivity contribution in [3.8, 4) is 0 Å². The molecule has 20 heteroatoms. The third kappa shape index (κ3) is 10.8. The normalized spacial score (nSPS) is 21.8. The number of nitro groups is 2. The van der Waals surface area contributed by atoms with Gasteiger partial charge in [0.25, 0.3) is 11.4 Å². The lowest BCUT2D eigenvalue weighted by molar-refractivity contribution is -0.385. The number of benzene rings is 2. The van der Waals surface area contributed by atoms with Gasteiger partial charge in [0, 0.05) is 68.2 Å². The number of likely N-dealkylation sites (tertiary alicyclic amines) is 1. The number of nitrogens with zero attached hydrogens (tertiary/aromatic N) is 5. The molecule has 5 rings (SSSR count). The van der Waals surface area contributed by atoms with Crippen molar-refractivity contribution in [2.24, 2.45) is 11.8 Å². The Balaban J connectivity index is 1.22. The van der Waals surface area contributed by atoms with Gasteiger partial charge in [0.15, 0.2) is 13.4 Å². The molecule has 6 atom stereocenters. The summed E-state index contributed by atoms with van der Waals surface area (Å²) in [6.07, 6.45) is -1.65. The number of carbonyl (C=O) groups excluding carboxylic acids is 5. The van der Waals surface area contributed by atoms with E-state index < -0.39 is 65.6 Å². The van der Waals surface area contributed by atoms with Crippen molar-refractivity contribution in [1.29, 1.82) is 0 Å². The number of rotatable bonds is 13. The van der Waals surface area contributed by atoms with Crippen molar-refractivity contribution < 1.29 is 47.7 Å². The fourth-order valence-electron chi connectivity index (χ4n) is 7.02. The van der Waals surface area contributed by atoms with Crippen LogP contribution in [0.2, 0.25) is 18.1 Å². The zero-order valence-electron chi connectivity index (χ0n) is 34.3. The molecule has 0 spiro atoms. The van der Waals surface area contributed by atoms with Crippen LogP contribution in [0.4, 0.5) is 21.0 Å². The minimum Gasteiger partial charge on any atom is -0.445 e. The highest BCUT2D eigenvalue weighted by Crippen LogP contribution is 2.40. The third-order valence-corrected chi connectivity index (χ3v) is 17.5. The first-order chi connectivity index (χ1) is 27.7. The zero-order chi connectivity index (χ0) is 43.4. The second kappa shape index (κ2) is 18.5. The Bertz CT molecular complexity index is 1920. The molecule has 0 unspecified atom stereocenters. The number of thioether (sulfide) groups is 1. The summed E-state index contributed by atoms with van der Waals surface area (Å²) >= 11 is 1.03. The topological polar surface area (TPSA) is 221 Å². The minimum atomic E-state index is -2.21. The molecule has 3 saturated heterocycles. The maximum atomic E-state index is 14.1. The van der Waals surface area contributed by atoms with Gasteiger partial charge in [-0.15, -0.1) is 0 Å². The largest absolute Gasteiger partial charge is 0.445 e. The van der Waals surface area contributed by atoms with E-state index in [0.29, 0.717) is 11.1 Å². The van der Waals surface area contributed by atoms with Crippen LogP contribution in [0, 0.1) is 32.1 Å². The van der Waals surface area contributed by atoms with Crippen LogP contribution in [0.25, 0.3) is 0 Å². The van der Waals surface area contributed by atoms with Crippen molar-refractivity contribution in [3.05, 3.63) is 79.9 Å². The molecule has 2 aromatic carbocycles. The molecule has 4 amide bonds. The van der Waals surface area contributed by atoms with Gasteiger partial charge in [-0.2, -0.15) is 0 Å². The first-order valence-corrected chi connectivity index (χ1v) is 23.2. The Morgan fingerprint density at radius 2 is 1.34 bits per heavy atom. The second-order valence-electron chi connectivity index (χ2n) is 16.7. The van der Waals surface area contributed by atoms with Crippen molar-refractivity contribution in [1.82, 2.24) is 20.0 Å².